The molecule has 0 aliphatic carbocycles. The van der Waals surface area contributed by atoms with Crippen LogP contribution in [0.15, 0.2) is 0 Å². The van der Waals surface area contributed by atoms with E-state index in [-0.39, 0.29) is 18.1 Å². The summed E-state index contributed by atoms with van der Waals surface area (Å²) < 4.78 is 24.4. The van der Waals surface area contributed by atoms with E-state index in [0.29, 0.717) is 26.1 Å². The number of hydrogen-bond donors (Lipinski definition) is 2. The van der Waals surface area contributed by atoms with Gasteiger partial charge in [0.1, 0.15) is 0 Å². The fourth-order valence-electron chi connectivity index (χ4n) is 1.85. The van der Waals surface area contributed by atoms with Gasteiger partial charge in [-0.2, -0.15) is 0 Å². The van der Waals surface area contributed by atoms with Crippen molar-refractivity contribution in [3.63, 3.8) is 0 Å². The lowest BCUT2D eigenvalue weighted by Gasteiger charge is -2.13. The maximum Gasteiger partial charge on any atom is 0.221 e. The van der Waals surface area contributed by atoms with Crippen LogP contribution in [-0.4, -0.2) is 57.1 Å². The Morgan fingerprint density at radius 1 is 1.28 bits per heavy atom. The number of carbonyl (C=O) groups is 1. The Bertz CT molecular complexity index is 357. The number of nitrogens with zero attached hydrogens (tertiary/aromatic N) is 1. The van der Waals surface area contributed by atoms with Crippen LogP contribution in [0.1, 0.15) is 26.2 Å². The molecular formula is C11H23N3O3S. The highest BCUT2D eigenvalue weighted by molar-refractivity contribution is 7.89. The maximum atomic E-state index is 11.5. The molecule has 0 aromatic heterocycles. The van der Waals surface area contributed by atoms with E-state index in [2.05, 4.69) is 17.6 Å². The van der Waals surface area contributed by atoms with Crippen molar-refractivity contribution in [2.45, 2.75) is 26.2 Å². The summed E-state index contributed by atoms with van der Waals surface area (Å²) in [4.78, 5) is 11.5. The van der Waals surface area contributed by atoms with Crippen molar-refractivity contribution in [2.75, 3.05) is 38.5 Å². The topological polar surface area (TPSA) is 78.5 Å². The van der Waals surface area contributed by atoms with Crippen LogP contribution in [0.4, 0.5) is 0 Å². The highest BCUT2D eigenvalue weighted by Gasteiger charge is 2.27. The molecule has 1 saturated heterocycles. The molecule has 0 bridgehead atoms. The third-order valence-electron chi connectivity index (χ3n) is 2.84. The molecule has 6 nitrogen and oxygen atoms in total. The van der Waals surface area contributed by atoms with E-state index in [0.717, 1.165) is 19.5 Å². The van der Waals surface area contributed by atoms with Crippen molar-refractivity contribution >= 4 is 15.9 Å². The minimum atomic E-state index is -3.07. The molecule has 0 aromatic rings. The van der Waals surface area contributed by atoms with Gasteiger partial charge in [0.2, 0.25) is 15.9 Å². The van der Waals surface area contributed by atoms with Crippen LogP contribution in [-0.2, 0) is 14.8 Å². The van der Waals surface area contributed by atoms with Gasteiger partial charge in [-0.15, -0.1) is 0 Å². The fraction of sp³-hybridized carbons (Fsp3) is 0.909. The first kappa shape index (κ1) is 15.4. The molecule has 2 N–H and O–H groups in total. The highest BCUT2D eigenvalue weighted by atomic mass is 32.2. The number of amides is 1. The summed E-state index contributed by atoms with van der Waals surface area (Å²) >= 11 is 0. The van der Waals surface area contributed by atoms with Gasteiger partial charge in [-0.25, -0.2) is 12.7 Å². The van der Waals surface area contributed by atoms with Crippen LogP contribution in [0.3, 0.4) is 0 Å². The lowest BCUT2D eigenvalue weighted by Crippen LogP contribution is -2.35. The first-order valence-corrected chi connectivity index (χ1v) is 8.12. The molecule has 1 rings (SSSR count). The van der Waals surface area contributed by atoms with E-state index in [9.17, 15) is 13.2 Å². The monoisotopic (exact) mass is 277 g/mol. The molecular weight excluding hydrogens is 254 g/mol. The van der Waals surface area contributed by atoms with Gasteiger partial charge < -0.3 is 10.6 Å². The van der Waals surface area contributed by atoms with Gasteiger partial charge in [0, 0.05) is 32.6 Å². The van der Waals surface area contributed by atoms with Gasteiger partial charge in [-0.05, 0) is 19.4 Å². The summed E-state index contributed by atoms with van der Waals surface area (Å²) in [5.74, 6) is 0.130. The second-order valence-electron chi connectivity index (χ2n) is 4.42. The Hall–Kier alpha value is -0.660. The van der Waals surface area contributed by atoms with Gasteiger partial charge >= 0.3 is 0 Å². The molecule has 1 aliphatic heterocycles. The molecule has 7 heteroatoms. The summed E-state index contributed by atoms with van der Waals surface area (Å²) in [6, 6.07) is 0. The number of nitrogens with one attached hydrogen (secondary N) is 2. The Balaban J connectivity index is 2.10. The summed E-state index contributed by atoms with van der Waals surface area (Å²) in [5.41, 5.74) is 0. The van der Waals surface area contributed by atoms with Gasteiger partial charge in [0.15, 0.2) is 0 Å². The zero-order valence-electron chi connectivity index (χ0n) is 10.9. The van der Waals surface area contributed by atoms with Crippen LogP contribution in [0.25, 0.3) is 0 Å². The number of sulfonamides is 1. The number of carbonyl (C=O) groups excluding carboxylic acids is 1. The van der Waals surface area contributed by atoms with E-state index in [1.54, 1.807) is 0 Å². The molecule has 106 valence electrons. The van der Waals surface area contributed by atoms with Gasteiger partial charge in [-0.1, -0.05) is 6.92 Å². The molecule has 0 saturated carbocycles. The quantitative estimate of drug-likeness (QED) is 0.588. The molecule has 0 aromatic carbocycles. The fourth-order valence-corrected chi connectivity index (χ4v) is 3.38. The summed E-state index contributed by atoms with van der Waals surface area (Å²) in [5, 5.41) is 5.95. The van der Waals surface area contributed by atoms with Crippen LogP contribution in [0, 0.1) is 0 Å². The standard InChI is InChI=1S/C11H23N3O3S/c1-2-5-12-6-7-13-11(15)4-9-14-8-3-10-18(14,16)17/h12H,2-10H2,1H3,(H,13,15). The van der Waals surface area contributed by atoms with Crippen molar-refractivity contribution in [1.82, 2.24) is 14.9 Å². The molecule has 18 heavy (non-hydrogen) atoms. The van der Waals surface area contributed by atoms with Crippen molar-refractivity contribution in [3.8, 4) is 0 Å². The van der Waals surface area contributed by atoms with Crippen LogP contribution < -0.4 is 10.6 Å². The number of rotatable bonds is 8. The normalized spacial score (nSPS) is 18.9. The summed E-state index contributed by atoms with van der Waals surface area (Å²) in [6.07, 6.45) is 1.98. The van der Waals surface area contributed by atoms with E-state index >= 15 is 0 Å². The zero-order chi connectivity index (χ0) is 13.4. The maximum absolute atomic E-state index is 11.5. The average molecular weight is 277 g/mol. The SMILES string of the molecule is CCCNCCNC(=O)CCN1CCCS1(=O)=O. The first-order chi connectivity index (χ1) is 8.56. The third-order valence-corrected chi connectivity index (χ3v) is 4.80. The third kappa shape index (κ3) is 5.32. The van der Waals surface area contributed by atoms with Gasteiger partial charge in [0.05, 0.1) is 5.75 Å². The first-order valence-electron chi connectivity index (χ1n) is 6.51. The average Bonchev–Trinajstić information content (AvgIpc) is 2.65. The minimum absolute atomic E-state index is 0.0876. The predicted molar refractivity (Wildman–Crippen MR) is 70.8 cm³/mol. The van der Waals surface area contributed by atoms with E-state index in [1.807, 2.05) is 0 Å². The molecule has 0 atom stereocenters. The Morgan fingerprint density at radius 2 is 2.06 bits per heavy atom. The highest BCUT2D eigenvalue weighted by Crippen LogP contribution is 2.12. The van der Waals surface area contributed by atoms with E-state index in [4.69, 9.17) is 0 Å². The molecule has 1 aliphatic rings. The van der Waals surface area contributed by atoms with Crippen LogP contribution in [0.5, 0.6) is 0 Å². The molecule has 1 heterocycles. The molecule has 1 amide bonds. The molecule has 0 radical (unpaired) electrons. The molecule has 0 unspecified atom stereocenters. The number of hydrogen-bond acceptors (Lipinski definition) is 4. The van der Waals surface area contributed by atoms with E-state index in [1.165, 1.54) is 4.31 Å². The summed E-state index contributed by atoms with van der Waals surface area (Å²) in [6.45, 7) is 5.22. The predicted octanol–water partition coefficient (Wildman–Crippen LogP) is -0.472. The summed E-state index contributed by atoms with van der Waals surface area (Å²) in [7, 11) is -3.07. The van der Waals surface area contributed by atoms with E-state index < -0.39 is 10.0 Å². The Kier molecular flexibility index (Phi) is 6.59. The van der Waals surface area contributed by atoms with Crippen molar-refractivity contribution in [1.29, 1.82) is 0 Å². The van der Waals surface area contributed by atoms with Gasteiger partial charge in [0.25, 0.3) is 0 Å². The van der Waals surface area contributed by atoms with Gasteiger partial charge in [-0.3, -0.25) is 4.79 Å². The largest absolute Gasteiger partial charge is 0.355 e. The lowest BCUT2D eigenvalue weighted by atomic mass is 10.3. The Morgan fingerprint density at radius 3 is 2.67 bits per heavy atom. The second kappa shape index (κ2) is 7.70. The molecule has 0 spiro atoms. The van der Waals surface area contributed by atoms with Crippen molar-refractivity contribution < 1.29 is 13.2 Å². The van der Waals surface area contributed by atoms with Crippen molar-refractivity contribution in [3.05, 3.63) is 0 Å². The second-order valence-corrected chi connectivity index (χ2v) is 6.51. The van der Waals surface area contributed by atoms with Crippen LogP contribution in [0.2, 0.25) is 0 Å². The molecule has 1 fully saturated rings. The van der Waals surface area contributed by atoms with Crippen molar-refractivity contribution in [2.24, 2.45) is 0 Å². The zero-order valence-corrected chi connectivity index (χ0v) is 11.8. The smallest absolute Gasteiger partial charge is 0.221 e. The van der Waals surface area contributed by atoms with Crippen LogP contribution >= 0.6 is 0 Å². The Labute approximate surface area is 109 Å². The minimum Gasteiger partial charge on any atom is -0.355 e. The lowest BCUT2D eigenvalue weighted by molar-refractivity contribution is -0.121.